The Morgan fingerprint density at radius 1 is 1.18 bits per heavy atom. The normalized spacial score (nSPS) is 20.1. The monoisotopic (exact) mass is 238 g/mol. The van der Waals surface area contributed by atoms with Crippen LogP contribution < -0.4 is 0 Å². The summed E-state index contributed by atoms with van der Waals surface area (Å²) < 4.78 is 5.78. The summed E-state index contributed by atoms with van der Waals surface area (Å²) in [5.41, 5.74) is 0.313. The van der Waals surface area contributed by atoms with Gasteiger partial charge in [-0.15, -0.1) is 0 Å². The standard InChI is InChI=1S/C15H26O2/c1-4-10-15(17-14(16)13(2)3)11-8-6-5-7-9-12-15/h2,4-12H2,1,3H3. The number of hydrogen-bond donors (Lipinski definition) is 0. The van der Waals surface area contributed by atoms with Crippen LogP contribution in [-0.4, -0.2) is 11.6 Å². The van der Waals surface area contributed by atoms with Gasteiger partial charge in [0.1, 0.15) is 5.60 Å². The van der Waals surface area contributed by atoms with Gasteiger partial charge < -0.3 is 4.74 Å². The Morgan fingerprint density at radius 2 is 1.71 bits per heavy atom. The smallest absolute Gasteiger partial charge is 0.333 e. The summed E-state index contributed by atoms with van der Waals surface area (Å²) in [6.45, 7) is 7.57. The molecule has 0 heterocycles. The number of carbonyl (C=O) groups excluding carboxylic acids is 1. The number of esters is 1. The molecule has 17 heavy (non-hydrogen) atoms. The van der Waals surface area contributed by atoms with E-state index in [4.69, 9.17) is 4.74 Å². The highest BCUT2D eigenvalue weighted by Gasteiger charge is 2.33. The van der Waals surface area contributed by atoms with Crippen LogP contribution in [0.3, 0.4) is 0 Å². The van der Waals surface area contributed by atoms with E-state index in [0.717, 1.165) is 25.7 Å². The largest absolute Gasteiger partial charge is 0.456 e. The topological polar surface area (TPSA) is 26.3 Å². The van der Waals surface area contributed by atoms with E-state index in [1.807, 2.05) is 0 Å². The van der Waals surface area contributed by atoms with Crippen molar-refractivity contribution < 1.29 is 9.53 Å². The Morgan fingerprint density at radius 3 is 2.18 bits per heavy atom. The molecule has 0 aromatic heterocycles. The number of carbonyl (C=O) groups is 1. The van der Waals surface area contributed by atoms with Crippen molar-refractivity contribution in [3.05, 3.63) is 12.2 Å². The Kier molecular flexibility index (Phi) is 5.73. The molecule has 0 aromatic rings. The molecule has 0 N–H and O–H groups in total. The van der Waals surface area contributed by atoms with Crippen molar-refractivity contribution in [2.24, 2.45) is 0 Å². The Hall–Kier alpha value is -0.790. The average Bonchev–Trinajstić information content (AvgIpc) is 2.24. The van der Waals surface area contributed by atoms with Crippen LogP contribution in [-0.2, 0) is 9.53 Å². The van der Waals surface area contributed by atoms with E-state index in [9.17, 15) is 4.79 Å². The molecule has 1 fully saturated rings. The molecule has 0 saturated heterocycles. The number of ether oxygens (including phenoxy) is 1. The van der Waals surface area contributed by atoms with Gasteiger partial charge in [-0.2, -0.15) is 0 Å². The zero-order valence-corrected chi connectivity index (χ0v) is 11.4. The molecule has 0 bridgehead atoms. The van der Waals surface area contributed by atoms with Crippen molar-refractivity contribution >= 4 is 5.97 Å². The first-order chi connectivity index (χ1) is 8.09. The van der Waals surface area contributed by atoms with Gasteiger partial charge in [-0.3, -0.25) is 0 Å². The third kappa shape index (κ3) is 4.53. The van der Waals surface area contributed by atoms with Gasteiger partial charge >= 0.3 is 5.97 Å². The molecule has 2 nitrogen and oxygen atoms in total. The molecule has 98 valence electrons. The lowest BCUT2D eigenvalue weighted by atomic mass is 9.83. The van der Waals surface area contributed by atoms with Gasteiger partial charge in [0.2, 0.25) is 0 Å². The molecule has 0 unspecified atom stereocenters. The Balaban J connectivity index is 2.70. The minimum Gasteiger partial charge on any atom is -0.456 e. The fourth-order valence-corrected chi connectivity index (χ4v) is 2.69. The van der Waals surface area contributed by atoms with E-state index in [2.05, 4.69) is 13.5 Å². The maximum atomic E-state index is 11.8. The van der Waals surface area contributed by atoms with E-state index in [-0.39, 0.29) is 11.6 Å². The highest BCUT2D eigenvalue weighted by Crippen LogP contribution is 2.34. The van der Waals surface area contributed by atoms with Crippen molar-refractivity contribution in [2.45, 2.75) is 77.2 Å². The maximum absolute atomic E-state index is 11.8. The second-order valence-electron chi connectivity index (χ2n) is 5.37. The van der Waals surface area contributed by atoms with Crippen LogP contribution in [0.2, 0.25) is 0 Å². The summed E-state index contributed by atoms with van der Waals surface area (Å²) in [4.78, 5) is 11.8. The van der Waals surface area contributed by atoms with E-state index in [0.29, 0.717) is 5.57 Å². The third-order valence-corrected chi connectivity index (χ3v) is 3.63. The van der Waals surface area contributed by atoms with Gasteiger partial charge in [-0.05, 0) is 39.0 Å². The molecule has 2 heteroatoms. The van der Waals surface area contributed by atoms with Gasteiger partial charge in [-0.25, -0.2) is 4.79 Å². The summed E-state index contributed by atoms with van der Waals surface area (Å²) in [6.07, 6.45) is 10.4. The van der Waals surface area contributed by atoms with Crippen LogP contribution in [0.5, 0.6) is 0 Å². The number of rotatable bonds is 4. The summed E-state index contributed by atoms with van der Waals surface area (Å²) in [5, 5.41) is 0. The fraction of sp³-hybridized carbons (Fsp3) is 0.800. The third-order valence-electron chi connectivity index (χ3n) is 3.63. The molecule has 0 atom stereocenters. The lowest BCUT2D eigenvalue weighted by Crippen LogP contribution is -2.36. The maximum Gasteiger partial charge on any atom is 0.333 e. The molecule has 0 amide bonds. The summed E-state index contributed by atoms with van der Waals surface area (Å²) in [5.74, 6) is -0.209. The SMILES string of the molecule is C=C(C)C(=O)OC1(CCC)CCCCCCC1. The predicted molar refractivity (Wildman–Crippen MR) is 70.9 cm³/mol. The van der Waals surface area contributed by atoms with Crippen molar-refractivity contribution in [1.29, 1.82) is 0 Å². The van der Waals surface area contributed by atoms with Crippen molar-refractivity contribution in [3.63, 3.8) is 0 Å². The lowest BCUT2D eigenvalue weighted by molar-refractivity contribution is -0.158. The van der Waals surface area contributed by atoms with Crippen LogP contribution in [0.25, 0.3) is 0 Å². The molecular weight excluding hydrogens is 212 g/mol. The Bertz CT molecular complexity index is 260. The van der Waals surface area contributed by atoms with Crippen LogP contribution in [0.4, 0.5) is 0 Å². The molecule has 1 saturated carbocycles. The lowest BCUT2D eigenvalue weighted by Gasteiger charge is -2.35. The first-order valence-corrected chi connectivity index (χ1v) is 6.98. The first-order valence-electron chi connectivity index (χ1n) is 6.98. The summed E-state index contributed by atoms with van der Waals surface area (Å²) >= 11 is 0. The minimum atomic E-state index is -0.209. The molecular formula is C15H26O2. The van der Waals surface area contributed by atoms with Crippen LogP contribution in [0.15, 0.2) is 12.2 Å². The summed E-state index contributed by atoms with van der Waals surface area (Å²) in [6, 6.07) is 0. The van der Waals surface area contributed by atoms with Crippen molar-refractivity contribution in [2.75, 3.05) is 0 Å². The second kappa shape index (κ2) is 6.83. The second-order valence-corrected chi connectivity index (χ2v) is 5.37. The Labute approximate surface area is 105 Å². The van der Waals surface area contributed by atoms with Gasteiger partial charge in [0.05, 0.1) is 0 Å². The van der Waals surface area contributed by atoms with Crippen LogP contribution in [0.1, 0.15) is 71.6 Å². The highest BCUT2D eigenvalue weighted by atomic mass is 16.6. The van der Waals surface area contributed by atoms with Gasteiger partial charge in [0.25, 0.3) is 0 Å². The van der Waals surface area contributed by atoms with Crippen LogP contribution in [0, 0.1) is 0 Å². The van der Waals surface area contributed by atoms with Crippen molar-refractivity contribution in [3.8, 4) is 0 Å². The van der Waals surface area contributed by atoms with Gasteiger partial charge in [-0.1, -0.05) is 39.2 Å². The highest BCUT2D eigenvalue weighted by molar-refractivity contribution is 5.87. The van der Waals surface area contributed by atoms with E-state index < -0.39 is 0 Å². The van der Waals surface area contributed by atoms with Gasteiger partial charge in [0.15, 0.2) is 0 Å². The van der Waals surface area contributed by atoms with E-state index in [1.54, 1.807) is 6.92 Å². The van der Waals surface area contributed by atoms with E-state index >= 15 is 0 Å². The van der Waals surface area contributed by atoms with Crippen LogP contribution >= 0.6 is 0 Å². The van der Waals surface area contributed by atoms with Crippen molar-refractivity contribution in [1.82, 2.24) is 0 Å². The molecule has 1 aliphatic rings. The van der Waals surface area contributed by atoms with Gasteiger partial charge in [0, 0.05) is 5.57 Å². The molecule has 0 spiro atoms. The summed E-state index contributed by atoms with van der Waals surface area (Å²) in [7, 11) is 0. The van der Waals surface area contributed by atoms with E-state index in [1.165, 1.54) is 32.1 Å². The zero-order chi connectivity index (χ0) is 12.7. The molecule has 0 aromatic carbocycles. The zero-order valence-electron chi connectivity index (χ0n) is 11.4. The average molecular weight is 238 g/mol. The fourth-order valence-electron chi connectivity index (χ4n) is 2.69. The predicted octanol–water partition coefficient (Wildman–Crippen LogP) is 4.39. The molecule has 1 rings (SSSR count). The quantitative estimate of drug-likeness (QED) is 0.536. The number of hydrogen-bond acceptors (Lipinski definition) is 2. The molecule has 0 radical (unpaired) electrons. The molecule has 1 aliphatic carbocycles. The molecule has 0 aliphatic heterocycles. The minimum absolute atomic E-state index is 0.203. The first kappa shape index (κ1) is 14.3.